The fourth-order valence-electron chi connectivity index (χ4n) is 2.60. The number of fused-ring (bicyclic) bond motifs is 1. The summed E-state index contributed by atoms with van der Waals surface area (Å²) in [6.45, 7) is 4.37. The van der Waals surface area contributed by atoms with E-state index >= 15 is 0 Å². The predicted octanol–water partition coefficient (Wildman–Crippen LogP) is 1.89. The molecule has 2 unspecified atom stereocenters. The van der Waals surface area contributed by atoms with Crippen LogP contribution in [0.15, 0.2) is 24.3 Å². The number of hydrogen-bond acceptors (Lipinski definition) is 3. The molecule has 2 rings (SSSR count). The molecule has 0 radical (unpaired) electrons. The predicted molar refractivity (Wildman–Crippen MR) is 76.7 cm³/mol. The van der Waals surface area contributed by atoms with Gasteiger partial charge in [-0.15, -0.1) is 0 Å². The highest BCUT2D eigenvalue weighted by Crippen LogP contribution is 2.31. The molecule has 2 atom stereocenters. The Bertz CT molecular complexity index is 475. The van der Waals surface area contributed by atoms with Crippen molar-refractivity contribution in [3.8, 4) is 0 Å². The van der Waals surface area contributed by atoms with Crippen molar-refractivity contribution in [1.29, 1.82) is 0 Å². The number of carbonyl (C=O) groups is 1. The number of likely N-dealkylation sites (N-methyl/N-ethyl adjacent to an activating group) is 1. The summed E-state index contributed by atoms with van der Waals surface area (Å²) in [5.41, 5.74) is 1.55. The van der Waals surface area contributed by atoms with Crippen LogP contribution in [-0.2, 0) is 11.2 Å². The normalized spacial score (nSPS) is 21.6. The maximum atomic E-state index is 11.5. The molecule has 0 saturated heterocycles. The molecule has 0 saturated carbocycles. The van der Waals surface area contributed by atoms with Gasteiger partial charge in [-0.1, -0.05) is 18.2 Å². The third-order valence-electron chi connectivity index (χ3n) is 4.17. The third kappa shape index (κ3) is 2.59. The Morgan fingerprint density at radius 3 is 2.84 bits per heavy atom. The number of rotatable bonds is 4. The lowest BCUT2D eigenvalue weighted by Crippen LogP contribution is -2.58. The first-order chi connectivity index (χ1) is 8.98. The molecular formula is C15H22N2O2. The largest absolute Gasteiger partial charge is 0.480 e. The van der Waals surface area contributed by atoms with Crippen LogP contribution in [0.4, 0.5) is 5.69 Å². The maximum absolute atomic E-state index is 11.5. The van der Waals surface area contributed by atoms with E-state index in [0.717, 1.165) is 12.8 Å². The van der Waals surface area contributed by atoms with Gasteiger partial charge in [0.15, 0.2) is 0 Å². The van der Waals surface area contributed by atoms with E-state index < -0.39 is 11.5 Å². The van der Waals surface area contributed by atoms with Crippen molar-refractivity contribution in [1.82, 2.24) is 5.32 Å². The lowest BCUT2D eigenvalue weighted by atomic mass is 9.93. The fraction of sp³-hybridized carbons (Fsp3) is 0.533. The van der Waals surface area contributed by atoms with Crippen LogP contribution in [0.3, 0.4) is 0 Å². The van der Waals surface area contributed by atoms with Crippen molar-refractivity contribution >= 4 is 11.7 Å². The average Bonchev–Trinajstić information content (AvgIpc) is 2.41. The summed E-state index contributed by atoms with van der Waals surface area (Å²) in [6.07, 6.45) is 2.13. The van der Waals surface area contributed by atoms with E-state index in [4.69, 9.17) is 0 Å². The maximum Gasteiger partial charge on any atom is 0.325 e. The molecule has 1 aromatic rings. The van der Waals surface area contributed by atoms with Crippen LogP contribution in [0.2, 0.25) is 0 Å². The zero-order chi connectivity index (χ0) is 14.0. The number of anilines is 1. The Kier molecular flexibility index (Phi) is 3.80. The summed E-state index contributed by atoms with van der Waals surface area (Å²) >= 11 is 0. The standard InChI is InChI=1S/C15H22N2O2/c1-11-8-9-12-6-4-5-7-13(12)17(11)10-15(2,16-3)14(18)19/h4-7,11,16H,8-10H2,1-3H3,(H,18,19). The minimum absolute atomic E-state index is 0.363. The highest BCUT2D eigenvalue weighted by atomic mass is 16.4. The summed E-state index contributed by atoms with van der Waals surface area (Å²) in [5, 5.41) is 12.3. The molecule has 1 aromatic carbocycles. The van der Waals surface area contributed by atoms with E-state index in [2.05, 4.69) is 29.3 Å². The minimum atomic E-state index is -0.932. The smallest absolute Gasteiger partial charge is 0.325 e. The summed E-state index contributed by atoms with van der Waals surface area (Å²) in [7, 11) is 1.70. The summed E-state index contributed by atoms with van der Waals surface area (Å²) in [5.74, 6) is -0.815. The molecule has 2 N–H and O–H groups in total. The second-order valence-corrected chi connectivity index (χ2v) is 5.53. The lowest BCUT2D eigenvalue weighted by molar-refractivity contribution is -0.143. The molecule has 1 heterocycles. The van der Waals surface area contributed by atoms with Crippen LogP contribution in [-0.4, -0.2) is 36.2 Å². The van der Waals surface area contributed by atoms with Crippen molar-refractivity contribution in [3.63, 3.8) is 0 Å². The number of benzene rings is 1. The molecule has 4 nitrogen and oxygen atoms in total. The van der Waals surface area contributed by atoms with Gasteiger partial charge in [0.2, 0.25) is 0 Å². The summed E-state index contributed by atoms with van der Waals surface area (Å²) in [6, 6.07) is 8.64. The van der Waals surface area contributed by atoms with E-state index in [0.29, 0.717) is 12.6 Å². The van der Waals surface area contributed by atoms with E-state index in [9.17, 15) is 9.90 Å². The zero-order valence-electron chi connectivity index (χ0n) is 11.8. The number of hydrogen-bond donors (Lipinski definition) is 2. The second-order valence-electron chi connectivity index (χ2n) is 5.53. The van der Waals surface area contributed by atoms with Crippen molar-refractivity contribution in [2.75, 3.05) is 18.5 Å². The monoisotopic (exact) mass is 262 g/mol. The quantitative estimate of drug-likeness (QED) is 0.870. The molecule has 0 bridgehead atoms. The molecule has 104 valence electrons. The van der Waals surface area contributed by atoms with Gasteiger partial charge in [-0.05, 0) is 45.4 Å². The summed E-state index contributed by atoms with van der Waals surface area (Å²) in [4.78, 5) is 13.7. The molecule has 0 amide bonds. The number of para-hydroxylation sites is 1. The van der Waals surface area contributed by atoms with Gasteiger partial charge in [0.1, 0.15) is 5.54 Å². The van der Waals surface area contributed by atoms with Gasteiger partial charge in [-0.3, -0.25) is 4.79 Å². The first-order valence-corrected chi connectivity index (χ1v) is 6.75. The van der Waals surface area contributed by atoms with Gasteiger partial charge in [0.05, 0.1) is 0 Å². The number of nitrogens with zero attached hydrogens (tertiary/aromatic N) is 1. The number of carboxylic acid groups (broad SMARTS) is 1. The molecular weight excluding hydrogens is 240 g/mol. The third-order valence-corrected chi connectivity index (χ3v) is 4.17. The van der Waals surface area contributed by atoms with Crippen molar-refractivity contribution in [3.05, 3.63) is 29.8 Å². The Balaban J connectivity index is 2.31. The Labute approximate surface area is 114 Å². The molecule has 0 aromatic heterocycles. The fourth-order valence-corrected chi connectivity index (χ4v) is 2.60. The highest BCUT2D eigenvalue weighted by molar-refractivity contribution is 5.79. The topological polar surface area (TPSA) is 52.6 Å². The SMILES string of the molecule is CNC(C)(CN1c2ccccc2CCC1C)C(=O)O. The Hall–Kier alpha value is -1.55. The van der Waals surface area contributed by atoms with Crippen LogP contribution < -0.4 is 10.2 Å². The van der Waals surface area contributed by atoms with Crippen molar-refractivity contribution in [2.24, 2.45) is 0 Å². The van der Waals surface area contributed by atoms with Gasteiger partial charge in [0, 0.05) is 18.3 Å². The molecule has 4 heteroatoms. The number of nitrogens with one attached hydrogen (secondary N) is 1. The highest BCUT2D eigenvalue weighted by Gasteiger charge is 2.36. The second kappa shape index (κ2) is 5.21. The van der Waals surface area contributed by atoms with Crippen LogP contribution in [0, 0.1) is 0 Å². The molecule has 0 aliphatic carbocycles. The molecule has 0 fully saturated rings. The lowest BCUT2D eigenvalue weighted by Gasteiger charge is -2.41. The zero-order valence-corrected chi connectivity index (χ0v) is 11.8. The summed E-state index contributed by atoms with van der Waals surface area (Å²) < 4.78 is 0. The van der Waals surface area contributed by atoms with Crippen LogP contribution in [0.1, 0.15) is 25.8 Å². The van der Waals surface area contributed by atoms with Crippen LogP contribution in [0.5, 0.6) is 0 Å². The van der Waals surface area contributed by atoms with Crippen molar-refractivity contribution < 1.29 is 9.90 Å². The van der Waals surface area contributed by atoms with Crippen molar-refractivity contribution in [2.45, 2.75) is 38.3 Å². The van der Waals surface area contributed by atoms with E-state index in [1.165, 1.54) is 11.3 Å². The first-order valence-electron chi connectivity index (χ1n) is 6.75. The number of aliphatic carboxylic acids is 1. The van der Waals surface area contributed by atoms with E-state index in [-0.39, 0.29) is 0 Å². The van der Waals surface area contributed by atoms with Gasteiger partial charge >= 0.3 is 5.97 Å². The van der Waals surface area contributed by atoms with E-state index in [1.54, 1.807) is 14.0 Å². The molecule has 1 aliphatic rings. The van der Waals surface area contributed by atoms with Gasteiger partial charge < -0.3 is 15.3 Å². The van der Waals surface area contributed by atoms with Gasteiger partial charge in [-0.2, -0.15) is 0 Å². The van der Waals surface area contributed by atoms with E-state index in [1.807, 2.05) is 12.1 Å². The minimum Gasteiger partial charge on any atom is -0.480 e. The first kappa shape index (κ1) is 13.9. The van der Waals surface area contributed by atoms with Crippen LogP contribution >= 0.6 is 0 Å². The van der Waals surface area contributed by atoms with Crippen LogP contribution in [0.25, 0.3) is 0 Å². The Morgan fingerprint density at radius 2 is 2.21 bits per heavy atom. The average molecular weight is 262 g/mol. The number of aryl methyl sites for hydroxylation is 1. The Morgan fingerprint density at radius 1 is 1.53 bits per heavy atom. The molecule has 0 spiro atoms. The molecule has 19 heavy (non-hydrogen) atoms. The van der Waals surface area contributed by atoms with Gasteiger partial charge in [0.25, 0.3) is 0 Å². The van der Waals surface area contributed by atoms with Gasteiger partial charge in [-0.25, -0.2) is 0 Å². The molecule has 1 aliphatic heterocycles. The number of carboxylic acids is 1.